The summed E-state index contributed by atoms with van der Waals surface area (Å²) in [6.07, 6.45) is 4.80. The summed E-state index contributed by atoms with van der Waals surface area (Å²) in [6.45, 7) is 0. The van der Waals surface area contributed by atoms with E-state index in [0.717, 1.165) is 24.8 Å². The number of carbonyl (C=O) groups excluding carboxylic acids is 1. The molecule has 1 N–H and O–H groups in total. The molecule has 0 unspecified atom stereocenters. The van der Waals surface area contributed by atoms with Gasteiger partial charge in [0.25, 0.3) is 5.91 Å². The number of aromatic nitrogens is 4. The number of thiophene rings is 1. The van der Waals surface area contributed by atoms with Crippen LogP contribution < -0.4 is 5.32 Å². The lowest BCUT2D eigenvalue weighted by molar-refractivity contribution is 0.0940. The van der Waals surface area contributed by atoms with Crippen molar-refractivity contribution in [3.63, 3.8) is 0 Å². The molecule has 122 valence electrons. The lowest BCUT2D eigenvalue weighted by Crippen LogP contribution is -2.36. The van der Waals surface area contributed by atoms with Crippen LogP contribution >= 0.6 is 11.3 Å². The van der Waals surface area contributed by atoms with E-state index in [9.17, 15) is 13.2 Å². The maximum atomic E-state index is 12.8. The van der Waals surface area contributed by atoms with Crippen molar-refractivity contribution in [1.82, 2.24) is 25.5 Å². The molecule has 3 heterocycles. The van der Waals surface area contributed by atoms with Crippen LogP contribution in [0.4, 0.5) is 0 Å². The van der Waals surface area contributed by atoms with Crippen LogP contribution in [0, 0.1) is 0 Å². The van der Waals surface area contributed by atoms with Gasteiger partial charge in [-0.2, -0.15) is 4.68 Å². The standard InChI is InChI=1S/C13H15N5O3S2/c19-12(15-8-4-5-23(20,21)6-8)11-9-2-1-3-10(9)22-13(11)18-7-14-16-17-18/h7-8H,1-6H2,(H,15,19)/t8-/m1/s1. The van der Waals surface area contributed by atoms with Crippen LogP contribution in [0.15, 0.2) is 6.33 Å². The number of sulfone groups is 1. The van der Waals surface area contributed by atoms with E-state index in [2.05, 4.69) is 20.8 Å². The highest BCUT2D eigenvalue weighted by Gasteiger charge is 2.32. The molecule has 1 aliphatic carbocycles. The number of aryl methyl sites for hydroxylation is 1. The molecule has 0 saturated carbocycles. The molecule has 1 saturated heterocycles. The second kappa shape index (κ2) is 5.38. The molecule has 2 aliphatic rings. The van der Waals surface area contributed by atoms with Crippen molar-refractivity contribution >= 4 is 27.1 Å². The highest BCUT2D eigenvalue weighted by Crippen LogP contribution is 2.37. The van der Waals surface area contributed by atoms with E-state index >= 15 is 0 Å². The summed E-state index contributed by atoms with van der Waals surface area (Å²) in [4.78, 5) is 14.0. The Morgan fingerprint density at radius 3 is 2.96 bits per heavy atom. The third-order valence-electron chi connectivity index (χ3n) is 4.25. The van der Waals surface area contributed by atoms with Crippen LogP contribution in [0.1, 0.15) is 33.6 Å². The fourth-order valence-corrected chi connectivity index (χ4v) is 6.18. The molecular formula is C13H15N5O3S2. The predicted molar refractivity (Wildman–Crippen MR) is 83.6 cm³/mol. The Kier molecular flexibility index (Phi) is 3.45. The molecule has 0 bridgehead atoms. The second-order valence-corrected chi connectivity index (χ2v) is 9.18. The third kappa shape index (κ3) is 2.65. The van der Waals surface area contributed by atoms with E-state index in [1.165, 1.54) is 27.2 Å². The van der Waals surface area contributed by atoms with Crippen molar-refractivity contribution in [2.24, 2.45) is 0 Å². The van der Waals surface area contributed by atoms with Crippen LogP contribution in [0.3, 0.4) is 0 Å². The Morgan fingerprint density at radius 2 is 2.26 bits per heavy atom. The van der Waals surface area contributed by atoms with Gasteiger partial charge in [0, 0.05) is 10.9 Å². The highest BCUT2D eigenvalue weighted by atomic mass is 32.2. The summed E-state index contributed by atoms with van der Waals surface area (Å²) in [5, 5.41) is 14.7. The van der Waals surface area contributed by atoms with Gasteiger partial charge in [0.05, 0.1) is 17.1 Å². The number of fused-ring (bicyclic) bond motifs is 1. The molecule has 4 rings (SSSR count). The van der Waals surface area contributed by atoms with Crippen molar-refractivity contribution in [3.05, 3.63) is 22.3 Å². The Morgan fingerprint density at radius 1 is 1.39 bits per heavy atom. The minimum atomic E-state index is -3.02. The summed E-state index contributed by atoms with van der Waals surface area (Å²) in [5.74, 6) is -0.0674. The van der Waals surface area contributed by atoms with Gasteiger partial charge in [0.15, 0.2) is 9.84 Å². The highest BCUT2D eigenvalue weighted by molar-refractivity contribution is 7.91. The van der Waals surface area contributed by atoms with Gasteiger partial charge in [-0.15, -0.1) is 16.4 Å². The number of hydrogen-bond acceptors (Lipinski definition) is 7. The summed E-state index contributed by atoms with van der Waals surface area (Å²) in [5.41, 5.74) is 1.65. The number of hydrogen-bond donors (Lipinski definition) is 1. The van der Waals surface area contributed by atoms with Crippen molar-refractivity contribution in [3.8, 4) is 5.00 Å². The van der Waals surface area contributed by atoms with Crippen LogP contribution in [0.25, 0.3) is 5.00 Å². The topological polar surface area (TPSA) is 107 Å². The zero-order chi connectivity index (χ0) is 16.0. The summed E-state index contributed by atoms with van der Waals surface area (Å²) in [7, 11) is -3.02. The molecule has 8 nitrogen and oxygen atoms in total. The van der Waals surface area contributed by atoms with Gasteiger partial charge in [-0.05, 0) is 41.7 Å². The predicted octanol–water partition coefficient (Wildman–Crippen LogP) is 0.129. The Labute approximate surface area is 136 Å². The number of nitrogens with one attached hydrogen (secondary N) is 1. The lowest BCUT2D eigenvalue weighted by atomic mass is 10.1. The summed E-state index contributed by atoms with van der Waals surface area (Å²) in [6, 6.07) is -0.314. The number of carbonyl (C=O) groups is 1. The van der Waals surface area contributed by atoms with Crippen LogP contribution in [0.5, 0.6) is 0 Å². The number of rotatable bonds is 3. The van der Waals surface area contributed by atoms with E-state index in [0.29, 0.717) is 17.0 Å². The molecule has 1 aliphatic heterocycles. The molecule has 0 aromatic carbocycles. The summed E-state index contributed by atoms with van der Waals surface area (Å²) < 4.78 is 24.6. The zero-order valence-electron chi connectivity index (χ0n) is 12.2. The minimum Gasteiger partial charge on any atom is -0.348 e. The molecule has 10 heteroatoms. The maximum Gasteiger partial charge on any atom is 0.254 e. The zero-order valence-corrected chi connectivity index (χ0v) is 13.9. The van der Waals surface area contributed by atoms with Gasteiger partial charge in [-0.25, -0.2) is 8.42 Å². The second-order valence-electron chi connectivity index (χ2n) is 5.87. The van der Waals surface area contributed by atoms with E-state index in [4.69, 9.17) is 0 Å². The maximum absolute atomic E-state index is 12.8. The van der Waals surface area contributed by atoms with Crippen LogP contribution in [0.2, 0.25) is 0 Å². The lowest BCUT2D eigenvalue weighted by Gasteiger charge is -2.12. The van der Waals surface area contributed by atoms with Gasteiger partial charge in [0.1, 0.15) is 11.3 Å². The average molecular weight is 353 g/mol. The van der Waals surface area contributed by atoms with Crippen molar-refractivity contribution in [1.29, 1.82) is 0 Å². The quantitative estimate of drug-likeness (QED) is 0.840. The number of amides is 1. The van der Waals surface area contributed by atoms with Crippen molar-refractivity contribution < 1.29 is 13.2 Å². The molecule has 0 spiro atoms. The van der Waals surface area contributed by atoms with Crippen LogP contribution in [-0.2, 0) is 22.7 Å². The van der Waals surface area contributed by atoms with Gasteiger partial charge in [-0.3, -0.25) is 4.79 Å². The first-order chi connectivity index (χ1) is 11.0. The molecule has 1 amide bonds. The normalized spacial score (nSPS) is 22.2. The molecule has 2 aromatic heterocycles. The smallest absolute Gasteiger partial charge is 0.254 e. The van der Waals surface area contributed by atoms with E-state index in [1.54, 1.807) is 0 Å². The third-order valence-corrected chi connectivity index (χ3v) is 7.30. The molecule has 1 fully saturated rings. The first-order valence-electron chi connectivity index (χ1n) is 7.43. The van der Waals surface area contributed by atoms with Gasteiger partial charge in [0.2, 0.25) is 0 Å². The largest absolute Gasteiger partial charge is 0.348 e. The molecule has 0 radical (unpaired) electrons. The minimum absolute atomic E-state index is 0.0191. The van der Waals surface area contributed by atoms with Crippen molar-refractivity contribution in [2.45, 2.75) is 31.7 Å². The number of tetrazole rings is 1. The van der Waals surface area contributed by atoms with Crippen molar-refractivity contribution in [2.75, 3.05) is 11.5 Å². The average Bonchev–Trinajstić information content (AvgIpc) is 3.20. The summed E-state index contributed by atoms with van der Waals surface area (Å²) >= 11 is 1.53. The van der Waals surface area contributed by atoms with E-state index < -0.39 is 9.84 Å². The van der Waals surface area contributed by atoms with Gasteiger partial charge in [-0.1, -0.05) is 0 Å². The van der Waals surface area contributed by atoms with E-state index in [1.807, 2.05) is 0 Å². The van der Waals surface area contributed by atoms with Gasteiger partial charge < -0.3 is 5.32 Å². The first kappa shape index (κ1) is 14.8. The van der Waals surface area contributed by atoms with Crippen LogP contribution in [-0.4, -0.2) is 52.1 Å². The first-order valence-corrected chi connectivity index (χ1v) is 10.1. The molecule has 23 heavy (non-hydrogen) atoms. The monoisotopic (exact) mass is 353 g/mol. The molecule has 2 aromatic rings. The SMILES string of the molecule is O=C(N[C@@H]1CCS(=O)(=O)C1)c1c(-n2cnnn2)sc2c1CCC2. The number of nitrogens with zero attached hydrogens (tertiary/aromatic N) is 4. The Hall–Kier alpha value is -1.81. The van der Waals surface area contributed by atoms with Gasteiger partial charge >= 0.3 is 0 Å². The van der Waals surface area contributed by atoms with E-state index in [-0.39, 0.29) is 23.5 Å². The fourth-order valence-electron chi connectivity index (χ4n) is 3.21. The Balaban J connectivity index is 1.66. The Bertz CT molecular complexity index is 857. The fraction of sp³-hybridized carbons (Fsp3) is 0.538. The molecule has 1 atom stereocenters. The molecular weight excluding hydrogens is 338 g/mol.